The van der Waals surface area contributed by atoms with Gasteiger partial charge in [-0.05, 0) is 26.2 Å². The predicted molar refractivity (Wildman–Crippen MR) is 62.3 cm³/mol. The van der Waals surface area contributed by atoms with Gasteiger partial charge in [-0.1, -0.05) is 0 Å². The van der Waals surface area contributed by atoms with Gasteiger partial charge in [-0.25, -0.2) is 4.98 Å². The average molecular weight is 226 g/mol. The predicted octanol–water partition coefficient (Wildman–Crippen LogP) is 2.23. The number of aromatic nitrogens is 1. The Bertz CT molecular complexity index is 337. The highest BCUT2D eigenvalue weighted by molar-refractivity contribution is 7.11. The molecule has 0 spiro atoms. The van der Waals surface area contributed by atoms with E-state index in [1.54, 1.807) is 18.4 Å². The van der Waals surface area contributed by atoms with Crippen LogP contribution < -0.4 is 5.73 Å². The van der Waals surface area contributed by atoms with Gasteiger partial charge in [0.05, 0.1) is 5.69 Å². The fourth-order valence-corrected chi connectivity index (χ4v) is 3.25. The Morgan fingerprint density at radius 3 is 3.13 bits per heavy atom. The molecule has 0 saturated heterocycles. The summed E-state index contributed by atoms with van der Waals surface area (Å²) in [6.07, 6.45) is 3.71. The largest absolute Gasteiger partial charge is 0.375 e. The lowest BCUT2D eigenvalue weighted by Crippen LogP contribution is -2.17. The van der Waals surface area contributed by atoms with Crippen molar-refractivity contribution in [3.05, 3.63) is 15.6 Å². The van der Waals surface area contributed by atoms with Crippen LogP contribution in [0.3, 0.4) is 0 Å². The van der Waals surface area contributed by atoms with Crippen molar-refractivity contribution in [2.75, 3.05) is 13.7 Å². The first-order valence-corrected chi connectivity index (χ1v) is 6.30. The molecule has 1 heterocycles. The van der Waals surface area contributed by atoms with E-state index in [0.717, 1.165) is 11.6 Å². The molecule has 2 N–H and O–H groups in total. The van der Waals surface area contributed by atoms with Gasteiger partial charge in [-0.15, -0.1) is 11.3 Å². The van der Waals surface area contributed by atoms with Crippen molar-refractivity contribution in [1.82, 2.24) is 4.98 Å². The van der Waals surface area contributed by atoms with Crippen molar-refractivity contribution in [1.29, 1.82) is 0 Å². The molecule has 15 heavy (non-hydrogen) atoms. The quantitative estimate of drug-likeness (QED) is 0.859. The molecule has 0 bridgehead atoms. The van der Waals surface area contributed by atoms with Gasteiger partial charge in [0.1, 0.15) is 11.1 Å². The molecule has 84 valence electrons. The van der Waals surface area contributed by atoms with E-state index in [-0.39, 0.29) is 6.10 Å². The standard InChI is InChI=1S/C11H18N2OS/c1-7(14-2)11-13-10-8(6-12)4-3-5-9(10)15-11/h7-8H,3-6,12H2,1-2H3. The number of hydrogen-bond acceptors (Lipinski definition) is 4. The number of hydrogen-bond donors (Lipinski definition) is 1. The summed E-state index contributed by atoms with van der Waals surface area (Å²) in [4.78, 5) is 6.11. The molecule has 0 aromatic carbocycles. The topological polar surface area (TPSA) is 48.1 Å². The molecule has 1 aromatic heterocycles. The van der Waals surface area contributed by atoms with E-state index >= 15 is 0 Å². The number of methoxy groups -OCH3 is 1. The zero-order chi connectivity index (χ0) is 10.8. The summed E-state index contributed by atoms with van der Waals surface area (Å²) in [5, 5.41) is 1.10. The minimum absolute atomic E-state index is 0.110. The Morgan fingerprint density at radius 2 is 2.47 bits per heavy atom. The SMILES string of the molecule is COC(C)c1nc2c(s1)CCCC2CN. The van der Waals surface area contributed by atoms with Crippen LogP contribution in [-0.2, 0) is 11.2 Å². The normalized spacial score (nSPS) is 22.5. The van der Waals surface area contributed by atoms with Gasteiger partial charge in [0.25, 0.3) is 0 Å². The Balaban J connectivity index is 2.29. The maximum absolute atomic E-state index is 5.77. The van der Waals surface area contributed by atoms with E-state index in [1.165, 1.54) is 29.8 Å². The smallest absolute Gasteiger partial charge is 0.122 e. The lowest BCUT2D eigenvalue weighted by atomic mass is 9.91. The third kappa shape index (κ3) is 2.07. The number of thiazole rings is 1. The lowest BCUT2D eigenvalue weighted by molar-refractivity contribution is 0.119. The van der Waals surface area contributed by atoms with E-state index in [2.05, 4.69) is 4.98 Å². The van der Waals surface area contributed by atoms with Crippen LogP contribution >= 0.6 is 11.3 Å². The molecule has 1 aromatic rings. The van der Waals surface area contributed by atoms with Crippen molar-refractivity contribution in [3.63, 3.8) is 0 Å². The number of fused-ring (bicyclic) bond motifs is 1. The zero-order valence-corrected chi connectivity index (χ0v) is 10.1. The molecular formula is C11H18N2OS. The van der Waals surface area contributed by atoms with Gasteiger partial charge in [0.2, 0.25) is 0 Å². The fourth-order valence-electron chi connectivity index (χ4n) is 2.03. The Morgan fingerprint density at radius 1 is 1.67 bits per heavy atom. The van der Waals surface area contributed by atoms with Crippen LogP contribution in [-0.4, -0.2) is 18.6 Å². The highest BCUT2D eigenvalue weighted by atomic mass is 32.1. The van der Waals surface area contributed by atoms with Crippen molar-refractivity contribution < 1.29 is 4.74 Å². The van der Waals surface area contributed by atoms with Gasteiger partial charge in [-0.2, -0.15) is 0 Å². The summed E-state index contributed by atoms with van der Waals surface area (Å²) < 4.78 is 5.30. The second kappa shape index (κ2) is 4.60. The molecule has 2 rings (SSSR count). The third-order valence-corrected chi connectivity index (χ3v) is 4.37. The summed E-state index contributed by atoms with van der Waals surface area (Å²) in [6.45, 7) is 2.76. The third-order valence-electron chi connectivity index (χ3n) is 3.07. The molecule has 0 radical (unpaired) electrons. The Kier molecular flexibility index (Phi) is 3.38. The molecule has 2 atom stereocenters. The van der Waals surface area contributed by atoms with Crippen molar-refractivity contribution >= 4 is 11.3 Å². The summed E-state index contributed by atoms with van der Waals surface area (Å²) in [5.74, 6) is 0.475. The monoisotopic (exact) mass is 226 g/mol. The summed E-state index contributed by atoms with van der Waals surface area (Å²) in [7, 11) is 1.73. The van der Waals surface area contributed by atoms with E-state index in [9.17, 15) is 0 Å². The first-order chi connectivity index (χ1) is 7.26. The first kappa shape index (κ1) is 11.0. The number of ether oxygens (including phenoxy) is 1. The number of nitrogens with zero attached hydrogens (tertiary/aromatic N) is 1. The average Bonchev–Trinajstić information content (AvgIpc) is 2.71. The van der Waals surface area contributed by atoms with Gasteiger partial charge in [0, 0.05) is 24.4 Å². The molecule has 0 fully saturated rings. The van der Waals surface area contributed by atoms with Gasteiger partial charge < -0.3 is 10.5 Å². The molecule has 1 aliphatic rings. The second-order valence-corrected chi connectivity index (χ2v) is 5.18. The first-order valence-electron chi connectivity index (χ1n) is 5.48. The minimum atomic E-state index is 0.110. The van der Waals surface area contributed by atoms with Crippen LogP contribution in [0.15, 0.2) is 0 Å². The molecule has 4 heteroatoms. The van der Waals surface area contributed by atoms with Crippen molar-refractivity contribution in [2.45, 2.75) is 38.2 Å². The molecule has 1 aliphatic carbocycles. The summed E-state index contributed by atoms with van der Waals surface area (Å²) >= 11 is 1.80. The molecule has 0 aliphatic heterocycles. The number of aryl methyl sites for hydroxylation is 1. The van der Waals surface area contributed by atoms with E-state index in [1.807, 2.05) is 6.92 Å². The van der Waals surface area contributed by atoms with Crippen LogP contribution in [0.25, 0.3) is 0 Å². The van der Waals surface area contributed by atoms with Crippen LogP contribution in [0.2, 0.25) is 0 Å². The van der Waals surface area contributed by atoms with Crippen LogP contribution in [0, 0.1) is 0 Å². The van der Waals surface area contributed by atoms with E-state index < -0.39 is 0 Å². The minimum Gasteiger partial charge on any atom is -0.375 e. The zero-order valence-electron chi connectivity index (χ0n) is 9.32. The highest BCUT2D eigenvalue weighted by Gasteiger charge is 2.24. The number of nitrogens with two attached hydrogens (primary N) is 1. The molecule has 0 saturated carbocycles. The Hall–Kier alpha value is -0.450. The lowest BCUT2D eigenvalue weighted by Gasteiger charge is -2.18. The van der Waals surface area contributed by atoms with Crippen molar-refractivity contribution in [3.8, 4) is 0 Å². The summed E-state index contributed by atoms with van der Waals surface area (Å²) in [6, 6.07) is 0. The van der Waals surface area contributed by atoms with Gasteiger partial charge in [0.15, 0.2) is 0 Å². The van der Waals surface area contributed by atoms with Crippen LogP contribution in [0.1, 0.15) is 47.4 Å². The maximum atomic E-state index is 5.77. The number of rotatable bonds is 3. The molecule has 2 unspecified atom stereocenters. The molecule has 3 nitrogen and oxygen atoms in total. The Labute approximate surface area is 94.7 Å². The van der Waals surface area contributed by atoms with Crippen LogP contribution in [0.4, 0.5) is 0 Å². The highest BCUT2D eigenvalue weighted by Crippen LogP contribution is 2.36. The second-order valence-electron chi connectivity index (χ2n) is 4.06. The van der Waals surface area contributed by atoms with Gasteiger partial charge >= 0.3 is 0 Å². The summed E-state index contributed by atoms with van der Waals surface area (Å²) in [5.41, 5.74) is 7.01. The van der Waals surface area contributed by atoms with E-state index in [4.69, 9.17) is 10.5 Å². The van der Waals surface area contributed by atoms with Crippen molar-refractivity contribution in [2.24, 2.45) is 5.73 Å². The van der Waals surface area contributed by atoms with Crippen LogP contribution in [0.5, 0.6) is 0 Å². The molecular weight excluding hydrogens is 208 g/mol. The maximum Gasteiger partial charge on any atom is 0.122 e. The van der Waals surface area contributed by atoms with E-state index in [0.29, 0.717) is 5.92 Å². The fraction of sp³-hybridized carbons (Fsp3) is 0.727. The van der Waals surface area contributed by atoms with Gasteiger partial charge in [-0.3, -0.25) is 0 Å². The molecule has 0 amide bonds.